The molecule has 0 atom stereocenters. The molecule has 0 radical (unpaired) electrons. The lowest BCUT2D eigenvalue weighted by Crippen LogP contribution is -2.13. The first-order valence-corrected chi connectivity index (χ1v) is 10.9. The molecule has 2 aromatic heterocycles. The number of benzene rings is 2. The van der Waals surface area contributed by atoms with E-state index in [0.717, 1.165) is 11.5 Å². The monoisotopic (exact) mass is 438 g/mol. The predicted molar refractivity (Wildman–Crippen MR) is 118 cm³/mol. The Bertz CT molecular complexity index is 1080. The fraction of sp³-hybridized carbons (Fsp3) is 0.0952. The van der Waals surface area contributed by atoms with E-state index in [1.807, 2.05) is 60.7 Å². The van der Waals surface area contributed by atoms with Crippen molar-refractivity contribution in [1.29, 1.82) is 0 Å². The van der Waals surface area contributed by atoms with Gasteiger partial charge in [-0.15, -0.1) is 10.2 Å². The van der Waals surface area contributed by atoms with Crippen molar-refractivity contribution in [3.8, 4) is 11.5 Å². The fourth-order valence-electron chi connectivity index (χ4n) is 2.50. The number of para-hydroxylation sites is 1. The molecule has 0 saturated carbocycles. The molecule has 0 aliphatic rings. The summed E-state index contributed by atoms with van der Waals surface area (Å²) in [6.07, 6.45) is 1.63. The van der Waals surface area contributed by atoms with Gasteiger partial charge < -0.3 is 19.8 Å². The Morgan fingerprint density at radius 2 is 1.90 bits per heavy atom. The molecule has 0 aliphatic heterocycles. The van der Waals surface area contributed by atoms with Crippen molar-refractivity contribution in [3.63, 3.8) is 0 Å². The summed E-state index contributed by atoms with van der Waals surface area (Å²) in [4.78, 5) is 12.3. The van der Waals surface area contributed by atoms with Crippen molar-refractivity contribution in [2.45, 2.75) is 10.9 Å². The second-order valence-corrected chi connectivity index (χ2v) is 8.29. The summed E-state index contributed by atoms with van der Waals surface area (Å²) >= 11 is 2.73. The average molecular weight is 439 g/mol. The first kappa shape index (κ1) is 20.0. The Hall–Kier alpha value is -3.30. The molecule has 0 unspecified atom stereocenters. The first-order chi connectivity index (χ1) is 14.7. The maximum Gasteiger partial charge on any atom is 0.234 e. The van der Waals surface area contributed by atoms with Crippen LogP contribution in [0.25, 0.3) is 0 Å². The predicted octanol–water partition coefficient (Wildman–Crippen LogP) is 5.27. The van der Waals surface area contributed by atoms with E-state index >= 15 is 0 Å². The maximum absolute atomic E-state index is 12.3. The van der Waals surface area contributed by atoms with Crippen molar-refractivity contribution in [2.24, 2.45) is 0 Å². The Balaban J connectivity index is 1.25. The van der Waals surface area contributed by atoms with Gasteiger partial charge in [0.1, 0.15) is 17.3 Å². The third kappa shape index (κ3) is 5.85. The third-order valence-electron chi connectivity index (χ3n) is 3.82. The SMILES string of the molecule is O=C(CSc1nnc(NCc2ccco2)s1)Nc1cccc(Oc2ccccc2)c1. The average Bonchev–Trinajstić information content (AvgIpc) is 3.44. The highest BCUT2D eigenvalue weighted by molar-refractivity contribution is 8.01. The van der Waals surface area contributed by atoms with Gasteiger partial charge in [0.05, 0.1) is 18.6 Å². The highest BCUT2D eigenvalue weighted by atomic mass is 32.2. The molecule has 2 aromatic carbocycles. The van der Waals surface area contributed by atoms with E-state index in [4.69, 9.17) is 9.15 Å². The smallest absolute Gasteiger partial charge is 0.234 e. The Morgan fingerprint density at radius 3 is 2.73 bits per heavy atom. The summed E-state index contributed by atoms with van der Waals surface area (Å²) in [5, 5.41) is 14.9. The van der Waals surface area contributed by atoms with Gasteiger partial charge in [-0.2, -0.15) is 0 Å². The number of nitrogens with one attached hydrogen (secondary N) is 2. The van der Waals surface area contributed by atoms with E-state index in [1.54, 1.807) is 12.3 Å². The second-order valence-electron chi connectivity index (χ2n) is 6.09. The minimum Gasteiger partial charge on any atom is -0.467 e. The van der Waals surface area contributed by atoms with Crippen LogP contribution in [0.5, 0.6) is 11.5 Å². The van der Waals surface area contributed by atoms with Gasteiger partial charge >= 0.3 is 0 Å². The van der Waals surface area contributed by atoms with Gasteiger partial charge in [0, 0.05) is 11.8 Å². The zero-order valence-electron chi connectivity index (χ0n) is 15.8. The summed E-state index contributed by atoms with van der Waals surface area (Å²) in [7, 11) is 0. The van der Waals surface area contributed by atoms with Crippen molar-refractivity contribution in [3.05, 3.63) is 78.8 Å². The zero-order chi connectivity index (χ0) is 20.6. The number of anilines is 2. The van der Waals surface area contributed by atoms with Crippen molar-refractivity contribution in [1.82, 2.24) is 10.2 Å². The number of ether oxygens (including phenoxy) is 1. The van der Waals surface area contributed by atoms with Gasteiger partial charge in [-0.3, -0.25) is 4.79 Å². The van der Waals surface area contributed by atoms with E-state index in [-0.39, 0.29) is 11.7 Å². The topological polar surface area (TPSA) is 89.3 Å². The number of carbonyl (C=O) groups is 1. The summed E-state index contributed by atoms with van der Waals surface area (Å²) in [6, 6.07) is 20.5. The summed E-state index contributed by atoms with van der Waals surface area (Å²) < 4.78 is 11.8. The molecular formula is C21H18N4O3S2. The molecule has 0 saturated heterocycles. The normalized spacial score (nSPS) is 10.5. The highest BCUT2D eigenvalue weighted by Crippen LogP contribution is 2.27. The van der Waals surface area contributed by atoms with Crippen molar-refractivity contribution in [2.75, 3.05) is 16.4 Å². The lowest BCUT2D eigenvalue weighted by Gasteiger charge is -2.08. The minimum atomic E-state index is -0.128. The van der Waals surface area contributed by atoms with Crippen LogP contribution in [0.1, 0.15) is 5.76 Å². The molecule has 2 heterocycles. The summed E-state index contributed by atoms with van der Waals surface area (Å²) in [5.41, 5.74) is 0.673. The molecule has 0 bridgehead atoms. The van der Waals surface area contributed by atoms with Crippen LogP contribution in [0, 0.1) is 0 Å². The number of aromatic nitrogens is 2. The van der Waals surface area contributed by atoms with Gasteiger partial charge in [0.2, 0.25) is 11.0 Å². The number of nitrogens with zero attached hydrogens (tertiary/aromatic N) is 2. The Labute approximate surface area is 181 Å². The molecule has 152 valence electrons. The van der Waals surface area contributed by atoms with Crippen LogP contribution >= 0.6 is 23.1 Å². The van der Waals surface area contributed by atoms with Crippen LogP contribution in [0.2, 0.25) is 0 Å². The number of furan rings is 1. The quantitative estimate of drug-likeness (QED) is 0.344. The molecule has 1 amide bonds. The highest BCUT2D eigenvalue weighted by Gasteiger charge is 2.09. The van der Waals surface area contributed by atoms with Crippen LogP contribution < -0.4 is 15.4 Å². The van der Waals surface area contributed by atoms with Crippen molar-refractivity contribution >= 4 is 39.8 Å². The molecule has 9 heteroatoms. The largest absolute Gasteiger partial charge is 0.467 e. The molecule has 0 aliphatic carbocycles. The van der Waals surface area contributed by atoms with Crippen LogP contribution in [0.4, 0.5) is 10.8 Å². The fourth-order valence-corrected chi connectivity index (χ4v) is 4.05. The Morgan fingerprint density at radius 1 is 1.03 bits per heavy atom. The summed E-state index contributed by atoms with van der Waals surface area (Å²) in [6.45, 7) is 0.536. The van der Waals surface area contributed by atoms with Gasteiger partial charge in [-0.1, -0.05) is 47.4 Å². The number of thioether (sulfide) groups is 1. The van der Waals surface area contributed by atoms with Crippen LogP contribution in [-0.4, -0.2) is 21.9 Å². The molecule has 0 fully saturated rings. The number of carbonyl (C=O) groups excluding carboxylic acids is 1. The maximum atomic E-state index is 12.3. The molecule has 2 N–H and O–H groups in total. The molecule has 7 nitrogen and oxygen atoms in total. The molecule has 30 heavy (non-hydrogen) atoms. The zero-order valence-corrected chi connectivity index (χ0v) is 17.4. The van der Waals surface area contributed by atoms with Crippen LogP contribution in [0.15, 0.2) is 81.8 Å². The molecular weight excluding hydrogens is 420 g/mol. The molecule has 4 rings (SSSR count). The lowest BCUT2D eigenvalue weighted by molar-refractivity contribution is -0.113. The lowest BCUT2D eigenvalue weighted by atomic mass is 10.3. The number of hydrogen-bond donors (Lipinski definition) is 2. The number of rotatable bonds is 9. The standard InChI is InChI=1S/C21H18N4O3S2/c26-19(14-29-21-25-24-20(30-21)22-13-18-10-5-11-27-18)23-15-6-4-9-17(12-15)28-16-7-2-1-3-8-16/h1-12H,13-14H2,(H,22,24)(H,23,26). The van der Waals surface area contributed by atoms with Crippen molar-refractivity contribution < 1.29 is 13.9 Å². The van der Waals surface area contributed by atoms with E-state index in [0.29, 0.717) is 27.5 Å². The van der Waals surface area contributed by atoms with Gasteiger partial charge in [-0.25, -0.2) is 0 Å². The number of amides is 1. The molecule has 0 spiro atoms. The van der Waals surface area contributed by atoms with E-state index < -0.39 is 0 Å². The van der Waals surface area contributed by atoms with Gasteiger partial charge in [0.25, 0.3) is 0 Å². The van der Waals surface area contributed by atoms with Crippen LogP contribution in [0.3, 0.4) is 0 Å². The Kier molecular flexibility index (Phi) is 6.63. The van der Waals surface area contributed by atoms with E-state index in [1.165, 1.54) is 23.1 Å². The van der Waals surface area contributed by atoms with Gasteiger partial charge in [-0.05, 0) is 36.4 Å². The molecule has 4 aromatic rings. The third-order valence-corrected chi connectivity index (χ3v) is 5.84. The van der Waals surface area contributed by atoms with Gasteiger partial charge in [0.15, 0.2) is 4.34 Å². The second kappa shape index (κ2) is 9.95. The van der Waals surface area contributed by atoms with E-state index in [9.17, 15) is 4.79 Å². The van der Waals surface area contributed by atoms with Crippen LogP contribution in [-0.2, 0) is 11.3 Å². The number of hydrogen-bond acceptors (Lipinski definition) is 8. The minimum absolute atomic E-state index is 0.128. The van der Waals surface area contributed by atoms with E-state index in [2.05, 4.69) is 20.8 Å². The first-order valence-electron chi connectivity index (χ1n) is 9.10. The summed E-state index contributed by atoms with van der Waals surface area (Å²) in [5.74, 6) is 2.32.